The molecule has 1 aliphatic rings. The van der Waals surface area contributed by atoms with Gasteiger partial charge >= 0.3 is 0 Å². The minimum absolute atomic E-state index is 0.0845. The monoisotopic (exact) mass is 212 g/mol. The molecular formula is C8H12N4OS. The number of carbonyl (C=O) groups excluding carboxylic acids is 1. The number of nitriles is 1. The van der Waals surface area contributed by atoms with E-state index < -0.39 is 0 Å². The van der Waals surface area contributed by atoms with Gasteiger partial charge < -0.3 is 5.32 Å². The topological polar surface area (TPSA) is 77.3 Å². The zero-order valence-corrected chi connectivity index (χ0v) is 8.73. The molecule has 1 fully saturated rings. The molecule has 0 atom stereocenters. The molecule has 0 aromatic heterocycles. The number of hydrogen-bond acceptors (Lipinski definition) is 4. The lowest BCUT2D eigenvalue weighted by Gasteiger charge is -2.01. The van der Waals surface area contributed by atoms with Crippen molar-refractivity contribution in [1.29, 1.82) is 5.26 Å². The second-order valence-electron chi connectivity index (χ2n) is 2.90. The maximum absolute atomic E-state index is 11.2. The van der Waals surface area contributed by atoms with E-state index in [0.717, 1.165) is 12.8 Å². The Balaban J connectivity index is 2.27. The molecule has 0 aromatic rings. The zero-order valence-electron chi connectivity index (χ0n) is 7.91. The second kappa shape index (κ2) is 5.50. The van der Waals surface area contributed by atoms with Crippen molar-refractivity contribution in [3.05, 3.63) is 0 Å². The average Bonchev–Trinajstić information content (AvgIpc) is 2.96. The molecule has 0 heterocycles. The van der Waals surface area contributed by atoms with Gasteiger partial charge in [0.2, 0.25) is 5.91 Å². The quantitative estimate of drug-likeness (QED) is 0.300. The van der Waals surface area contributed by atoms with Crippen LogP contribution in [0.2, 0.25) is 0 Å². The number of hydrogen-bond donors (Lipinski definition) is 2. The third-order valence-electron chi connectivity index (χ3n) is 1.66. The van der Waals surface area contributed by atoms with Crippen LogP contribution in [0.1, 0.15) is 12.8 Å². The maximum atomic E-state index is 11.2. The smallest absolute Gasteiger partial charge is 0.241 e. The van der Waals surface area contributed by atoms with Gasteiger partial charge in [-0.3, -0.25) is 15.1 Å². The standard InChI is InChI=1S/C8H12N4OS/c1-14-8(11-5-9)10-4-7(13)12-6-2-3-6/h6H,2-4H2,1H3,(H,10,11)(H,12,13). The minimum atomic E-state index is -0.0845. The lowest BCUT2D eigenvalue weighted by molar-refractivity contribution is -0.119. The van der Waals surface area contributed by atoms with Gasteiger partial charge in [0.1, 0.15) is 6.54 Å². The largest absolute Gasteiger partial charge is 0.352 e. The van der Waals surface area contributed by atoms with Crippen molar-refractivity contribution in [2.75, 3.05) is 12.8 Å². The number of nitrogens with one attached hydrogen (secondary N) is 2. The SMILES string of the molecule is CSC(=NCC(=O)NC1CC1)NC#N. The van der Waals surface area contributed by atoms with Crippen molar-refractivity contribution in [3.63, 3.8) is 0 Å². The Morgan fingerprint density at radius 2 is 2.43 bits per heavy atom. The number of rotatable bonds is 3. The van der Waals surface area contributed by atoms with Gasteiger partial charge in [-0.2, -0.15) is 5.26 Å². The number of carbonyl (C=O) groups is 1. The molecule has 76 valence electrons. The molecule has 1 amide bonds. The van der Waals surface area contributed by atoms with Crippen molar-refractivity contribution in [2.24, 2.45) is 4.99 Å². The molecule has 6 heteroatoms. The molecule has 0 unspecified atom stereocenters. The van der Waals surface area contributed by atoms with E-state index in [9.17, 15) is 4.79 Å². The summed E-state index contributed by atoms with van der Waals surface area (Å²) in [7, 11) is 0. The predicted octanol–water partition coefficient (Wildman–Crippen LogP) is 0.0547. The normalized spacial score (nSPS) is 15.9. The summed E-state index contributed by atoms with van der Waals surface area (Å²) in [6.45, 7) is 0.0847. The van der Waals surface area contributed by atoms with Crippen LogP contribution in [0.3, 0.4) is 0 Å². The van der Waals surface area contributed by atoms with E-state index >= 15 is 0 Å². The Morgan fingerprint density at radius 1 is 1.71 bits per heavy atom. The Kier molecular flexibility index (Phi) is 4.26. The van der Waals surface area contributed by atoms with Gasteiger partial charge in [-0.1, -0.05) is 11.8 Å². The van der Waals surface area contributed by atoms with E-state index in [1.807, 2.05) is 0 Å². The molecular weight excluding hydrogens is 200 g/mol. The van der Waals surface area contributed by atoms with Crippen molar-refractivity contribution >= 4 is 22.8 Å². The van der Waals surface area contributed by atoms with Crippen LogP contribution in [-0.4, -0.2) is 29.9 Å². The predicted molar refractivity (Wildman–Crippen MR) is 55.7 cm³/mol. The first-order chi connectivity index (χ1) is 6.76. The van der Waals surface area contributed by atoms with Gasteiger partial charge in [0.15, 0.2) is 11.4 Å². The Labute approximate surface area is 87.0 Å². The van der Waals surface area contributed by atoms with E-state index in [2.05, 4.69) is 15.6 Å². The fourth-order valence-electron chi connectivity index (χ4n) is 0.848. The van der Waals surface area contributed by atoms with Gasteiger partial charge in [-0.05, 0) is 19.1 Å². The van der Waals surface area contributed by atoms with Gasteiger partial charge in [-0.15, -0.1) is 0 Å². The highest BCUT2D eigenvalue weighted by atomic mass is 32.2. The van der Waals surface area contributed by atoms with Crippen LogP contribution in [0, 0.1) is 11.5 Å². The van der Waals surface area contributed by atoms with Crippen molar-refractivity contribution in [2.45, 2.75) is 18.9 Å². The molecule has 0 saturated heterocycles. The number of amides is 1. The lowest BCUT2D eigenvalue weighted by Crippen LogP contribution is -2.28. The van der Waals surface area contributed by atoms with Crippen LogP contribution < -0.4 is 10.6 Å². The summed E-state index contributed by atoms with van der Waals surface area (Å²) in [5.74, 6) is -0.0845. The van der Waals surface area contributed by atoms with Crippen LogP contribution in [0.4, 0.5) is 0 Å². The van der Waals surface area contributed by atoms with Crippen LogP contribution >= 0.6 is 11.8 Å². The molecule has 1 aliphatic carbocycles. The summed E-state index contributed by atoms with van der Waals surface area (Å²) in [6, 6.07) is 0.361. The second-order valence-corrected chi connectivity index (χ2v) is 3.70. The molecule has 2 N–H and O–H groups in total. The molecule has 1 saturated carbocycles. The third kappa shape index (κ3) is 4.14. The van der Waals surface area contributed by atoms with Gasteiger partial charge in [0, 0.05) is 6.04 Å². The first-order valence-electron chi connectivity index (χ1n) is 4.29. The maximum Gasteiger partial charge on any atom is 0.241 e. The zero-order chi connectivity index (χ0) is 10.4. The van der Waals surface area contributed by atoms with Gasteiger partial charge in [-0.25, -0.2) is 0 Å². The summed E-state index contributed by atoms with van der Waals surface area (Å²) in [6.07, 6.45) is 5.70. The Bertz CT molecular complexity index is 280. The van der Waals surface area contributed by atoms with E-state index in [1.165, 1.54) is 11.8 Å². The van der Waals surface area contributed by atoms with Gasteiger partial charge in [0.25, 0.3) is 0 Å². The Hall–Kier alpha value is -1.22. The van der Waals surface area contributed by atoms with Crippen molar-refractivity contribution in [1.82, 2.24) is 10.6 Å². The Morgan fingerprint density at radius 3 is 2.93 bits per heavy atom. The number of amidine groups is 1. The molecule has 5 nitrogen and oxygen atoms in total. The molecule has 1 rings (SSSR count). The van der Waals surface area contributed by atoms with E-state index in [1.54, 1.807) is 12.4 Å². The van der Waals surface area contributed by atoms with Crippen molar-refractivity contribution < 1.29 is 4.79 Å². The average molecular weight is 212 g/mol. The fraction of sp³-hybridized carbons (Fsp3) is 0.625. The van der Waals surface area contributed by atoms with Gasteiger partial charge in [0.05, 0.1) is 0 Å². The van der Waals surface area contributed by atoms with Crippen molar-refractivity contribution in [3.8, 4) is 6.19 Å². The molecule has 0 spiro atoms. The molecule has 14 heavy (non-hydrogen) atoms. The summed E-state index contributed by atoms with van der Waals surface area (Å²) >= 11 is 1.31. The first kappa shape index (κ1) is 10.9. The minimum Gasteiger partial charge on any atom is -0.352 e. The lowest BCUT2D eigenvalue weighted by atomic mass is 10.5. The molecule has 0 aromatic carbocycles. The van der Waals surface area contributed by atoms with Crippen LogP contribution in [0.25, 0.3) is 0 Å². The summed E-state index contributed by atoms with van der Waals surface area (Å²) in [5, 5.41) is 14.0. The molecule has 0 aliphatic heterocycles. The van der Waals surface area contributed by atoms with E-state index in [-0.39, 0.29) is 12.5 Å². The van der Waals surface area contributed by atoms with E-state index in [0.29, 0.717) is 11.2 Å². The van der Waals surface area contributed by atoms with Crippen LogP contribution in [0.15, 0.2) is 4.99 Å². The molecule has 0 radical (unpaired) electrons. The number of aliphatic imine (C=N–C) groups is 1. The summed E-state index contributed by atoms with van der Waals surface area (Å²) < 4.78 is 0. The molecule has 0 bridgehead atoms. The highest BCUT2D eigenvalue weighted by molar-refractivity contribution is 8.13. The van der Waals surface area contributed by atoms with Crippen LogP contribution in [-0.2, 0) is 4.79 Å². The highest BCUT2D eigenvalue weighted by Gasteiger charge is 2.22. The summed E-state index contributed by atoms with van der Waals surface area (Å²) in [4.78, 5) is 15.1. The third-order valence-corrected chi connectivity index (χ3v) is 2.28. The van der Waals surface area contributed by atoms with Crippen LogP contribution in [0.5, 0.6) is 0 Å². The van der Waals surface area contributed by atoms with E-state index in [4.69, 9.17) is 5.26 Å². The number of thioether (sulfide) groups is 1. The highest BCUT2D eigenvalue weighted by Crippen LogP contribution is 2.18. The first-order valence-corrected chi connectivity index (χ1v) is 5.51. The summed E-state index contributed by atoms with van der Waals surface area (Å²) in [5.41, 5.74) is 0. The fourth-order valence-corrected chi connectivity index (χ4v) is 1.19. The number of nitrogens with zero attached hydrogens (tertiary/aromatic N) is 2.